The number of hydrogen-bond acceptors (Lipinski definition) is 6. The first-order valence-corrected chi connectivity index (χ1v) is 7.89. The Hall–Kier alpha value is -3.94. The number of carbonyl (C=O) groups excluding carboxylic acids is 1. The van der Waals surface area contributed by atoms with Crippen molar-refractivity contribution in [1.29, 1.82) is 0 Å². The van der Waals surface area contributed by atoms with Crippen LogP contribution in [-0.2, 0) is 0 Å². The fraction of sp³-hybridized carbons (Fsp3) is 0.0526. The Morgan fingerprint density at radius 2 is 1.96 bits per heavy atom. The molecule has 1 heterocycles. The van der Waals surface area contributed by atoms with Crippen LogP contribution in [0.25, 0.3) is 11.3 Å². The standard InChI is InChI=1S/C19H15N3O5/c1-26-16-7-5-13(6-8-16)19(23)21-20-12-17-9-10-18(27-17)14-3-2-4-15(11-14)22(24)25/h2-12H,1H3,(H,21,23)/b20-12-. The van der Waals surface area contributed by atoms with E-state index in [0.29, 0.717) is 28.4 Å². The summed E-state index contributed by atoms with van der Waals surface area (Å²) in [7, 11) is 1.55. The molecule has 0 aliphatic carbocycles. The third-order valence-corrected chi connectivity index (χ3v) is 3.68. The first kappa shape index (κ1) is 17.9. The molecule has 3 rings (SSSR count). The summed E-state index contributed by atoms with van der Waals surface area (Å²) in [5.41, 5.74) is 3.39. The highest BCUT2D eigenvalue weighted by Gasteiger charge is 2.10. The Morgan fingerprint density at radius 3 is 2.67 bits per heavy atom. The molecule has 0 aliphatic rings. The van der Waals surface area contributed by atoms with E-state index in [1.165, 1.54) is 18.3 Å². The SMILES string of the molecule is COc1ccc(C(=O)N/N=C\c2ccc(-c3cccc([N+](=O)[O-])c3)o2)cc1. The number of methoxy groups -OCH3 is 1. The monoisotopic (exact) mass is 365 g/mol. The number of nitrogens with zero attached hydrogens (tertiary/aromatic N) is 2. The number of ether oxygens (including phenoxy) is 1. The molecule has 0 radical (unpaired) electrons. The van der Waals surface area contributed by atoms with Crippen molar-refractivity contribution in [1.82, 2.24) is 5.43 Å². The zero-order valence-corrected chi connectivity index (χ0v) is 14.3. The van der Waals surface area contributed by atoms with Gasteiger partial charge in [0.2, 0.25) is 0 Å². The molecule has 3 aromatic rings. The van der Waals surface area contributed by atoms with E-state index in [-0.39, 0.29) is 11.6 Å². The molecule has 1 aromatic heterocycles. The molecule has 8 heteroatoms. The van der Waals surface area contributed by atoms with Crippen LogP contribution >= 0.6 is 0 Å². The van der Waals surface area contributed by atoms with E-state index >= 15 is 0 Å². The fourth-order valence-corrected chi connectivity index (χ4v) is 2.31. The van der Waals surface area contributed by atoms with E-state index in [4.69, 9.17) is 9.15 Å². The minimum Gasteiger partial charge on any atom is -0.497 e. The van der Waals surface area contributed by atoms with Crippen LogP contribution in [0, 0.1) is 10.1 Å². The van der Waals surface area contributed by atoms with Gasteiger partial charge in [-0.1, -0.05) is 12.1 Å². The van der Waals surface area contributed by atoms with Gasteiger partial charge in [0.1, 0.15) is 17.3 Å². The summed E-state index contributed by atoms with van der Waals surface area (Å²) in [6.07, 6.45) is 1.35. The van der Waals surface area contributed by atoms with Crippen LogP contribution < -0.4 is 10.2 Å². The van der Waals surface area contributed by atoms with Crippen molar-refractivity contribution in [3.63, 3.8) is 0 Å². The van der Waals surface area contributed by atoms with Crippen molar-refractivity contribution in [2.45, 2.75) is 0 Å². The maximum Gasteiger partial charge on any atom is 0.271 e. The number of non-ortho nitro benzene ring substituents is 1. The molecule has 8 nitrogen and oxygen atoms in total. The molecule has 1 N–H and O–H groups in total. The number of hydrogen-bond donors (Lipinski definition) is 1. The van der Waals surface area contributed by atoms with E-state index in [9.17, 15) is 14.9 Å². The highest BCUT2D eigenvalue weighted by Crippen LogP contribution is 2.25. The highest BCUT2D eigenvalue weighted by atomic mass is 16.6. The summed E-state index contributed by atoms with van der Waals surface area (Å²) >= 11 is 0. The lowest BCUT2D eigenvalue weighted by atomic mass is 10.1. The Labute approximate surface area is 154 Å². The molecule has 0 bridgehead atoms. The van der Waals surface area contributed by atoms with E-state index < -0.39 is 4.92 Å². The van der Waals surface area contributed by atoms with Gasteiger partial charge in [-0.2, -0.15) is 5.10 Å². The molecular weight excluding hydrogens is 350 g/mol. The van der Waals surface area contributed by atoms with Gasteiger partial charge in [0, 0.05) is 23.3 Å². The van der Waals surface area contributed by atoms with Gasteiger partial charge in [-0.05, 0) is 36.4 Å². The Balaban J connectivity index is 1.65. The number of amides is 1. The maximum absolute atomic E-state index is 12.0. The van der Waals surface area contributed by atoms with Crippen LogP contribution in [0.4, 0.5) is 5.69 Å². The molecule has 0 spiro atoms. The molecule has 27 heavy (non-hydrogen) atoms. The van der Waals surface area contributed by atoms with Gasteiger partial charge in [-0.15, -0.1) is 0 Å². The zero-order chi connectivity index (χ0) is 19.2. The molecule has 0 saturated carbocycles. The molecule has 0 aliphatic heterocycles. The van der Waals surface area contributed by atoms with E-state index in [1.54, 1.807) is 55.6 Å². The average Bonchev–Trinajstić information content (AvgIpc) is 3.17. The second-order valence-electron chi connectivity index (χ2n) is 5.44. The Kier molecular flexibility index (Phi) is 5.27. The van der Waals surface area contributed by atoms with Gasteiger partial charge in [-0.3, -0.25) is 14.9 Å². The molecular formula is C19H15N3O5. The number of benzene rings is 2. The van der Waals surface area contributed by atoms with Crippen LogP contribution in [0.1, 0.15) is 16.1 Å². The minimum absolute atomic E-state index is 0.0223. The third kappa shape index (κ3) is 4.37. The highest BCUT2D eigenvalue weighted by molar-refractivity contribution is 5.94. The molecule has 2 aromatic carbocycles. The van der Waals surface area contributed by atoms with Crippen LogP contribution in [0.5, 0.6) is 5.75 Å². The normalized spacial score (nSPS) is 10.7. The number of nitro benzene ring substituents is 1. The van der Waals surface area contributed by atoms with Gasteiger partial charge in [-0.25, -0.2) is 5.43 Å². The molecule has 0 unspecified atom stereocenters. The van der Waals surface area contributed by atoms with Crippen molar-refractivity contribution in [2.24, 2.45) is 5.10 Å². The molecule has 0 saturated heterocycles. The lowest BCUT2D eigenvalue weighted by Crippen LogP contribution is -2.17. The number of carbonyl (C=O) groups is 1. The molecule has 1 amide bonds. The van der Waals surface area contributed by atoms with Crippen molar-refractivity contribution in [2.75, 3.05) is 7.11 Å². The predicted octanol–water partition coefficient (Wildman–Crippen LogP) is 3.63. The van der Waals surface area contributed by atoms with E-state index in [1.807, 2.05) is 0 Å². The Morgan fingerprint density at radius 1 is 1.19 bits per heavy atom. The van der Waals surface area contributed by atoms with Crippen LogP contribution in [-0.4, -0.2) is 24.2 Å². The van der Waals surface area contributed by atoms with Gasteiger partial charge >= 0.3 is 0 Å². The summed E-state index contributed by atoms with van der Waals surface area (Å²) < 4.78 is 10.6. The smallest absolute Gasteiger partial charge is 0.271 e. The lowest BCUT2D eigenvalue weighted by Gasteiger charge is -2.01. The molecule has 0 fully saturated rings. The van der Waals surface area contributed by atoms with Crippen molar-refractivity contribution >= 4 is 17.8 Å². The predicted molar refractivity (Wildman–Crippen MR) is 98.9 cm³/mol. The summed E-state index contributed by atoms with van der Waals surface area (Å²) in [5.74, 6) is 1.13. The first-order chi connectivity index (χ1) is 13.1. The minimum atomic E-state index is -0.469. The van der Waals surface area contributed by atoms with Crippen LogP contribution in [0.2, 0.25) is 0 Å². The zero-order valence-electron chi connectivity index (χ0n) is 14.3. The van der Waals surface area contributed by atoms with E-state index in [2.05, 4.69) is 10.5 Å². The largest absolute Gasteiger partial charge is 0.497 e. The van der Waals surface area contributed by atoms with Gasteiger partial charge in [0.25, 0.3) is 11.6 Å². The summed E-state index contributed by atoms with van der Waals surface area (Å²) in [6, 6.07) is 16.0. The molecule has 0 atom stereocenters. The number of furan rings is 1. The van der Waals surface area contributed by atoms with Crippen LogP contribution in [0.15, 0.2) is 70.2 Å². The average molecular weight is 365 g/mol. The van der Waals surface area contributed by atoms with E-state index in [0.717, 1.165) is 0 Å². The maximum atomic E-state index is 12.0. The van der Waals surface area contributed by atoms with Gasteiger partial charge in [0.15, 0.2) is 0 Å². The van der Waals surface area contributed by atoms with Crippen molar-refractivity contribution < 1.29 is 18.9 Å². The number of rotatable bonds is 6. The summed E-state index contributed by atoms with van der Waals surface area (Å²) in [4.78, 5) is 22.4. The van der Waals surface area contributed by atoms with Gasteiger partial charge in [0.05, 0.1) is 18.2 Å². The quantitative estimate of drug-likeness (QED) is 0.408. The summed E-state index contributed by atoms with van der Waals surface area (Å²) in [6.45, 7) is 0. The second kappa shape index (κ2) is 7.96. The van der Waals surface area contributed by atoms with Crippen molar-refractivity contribution in [3.8, 4) is 17.1 Å². The lowest BCUT2D eigenvalue weighted by molar-refractivity contribution is -0.384. The van der Waals surface area contributed by atoms with Gasteiger partial charge < -0.3 is 9.15 Å². The van der Waals surface area contributed by atoms with Crippen molar-refractivity contribution in [3.05, 3.63) is 82.1 Å². The number of hydrazone groups is 1. The first-order valence-electron chi connectivity index (χ1n) is 7.89. The fourth-order valence-electron chi connectivity index (χ4n) is 2.31. The van der Waals surface area contributed by atoms with Crippen LogP contribution in [0.3, 0.4) is 0 Å². The topological polar surface area (TPSA) is 107 Å². The number of nitro groups is 1. The Bertz CT molecular complexity index is 993. The number of nitrogens with one attached hydrogen (secondary N) is 1. The molecule has 136 valence electrons. The second-order valence-corrected chi connectivity index (χ2v) is 5.44. The summed E-state index contributed by atoms with van der Waals surface area (Å²) in [5, 5.41) is 14.7. The third-order valence-electron chi connectivity index (χ3n) is 3.68.